The Balaban J connectivity index is 1.37. The van der Waals surface area contributed by atoms with Crippen molar-refractivity contribution in [1.29, 1.82) is 0 Å². The molecule has 0 bridgehead atoms. The monoisotopic (exact) mass is 586 g/mol. The van der Waals surface area contributed by atoms with Crippen LogP contribution >= 0.6 is 23.2 Å². The van der Waals surface area contributed by atoms with E-state index in [9.17, 15) is 4.79 Å². The van der Waals surface area contributed by atoms with Gasteiger partial charge in [0.25, 0.3) is 0 Å². The number of carbonyl (C=O) groups is 1. The lowest BCUT2D eigenvalue weighted by Crippen LogP contribution is -2.48. The molecule has 1 saturated heterocycles. The molecular weight excluding hydrogens is 551 g/mol. The van der Waals surface area contributed by atoms with Crippen LogP contribution in [0.25, 0.3) is 11.6 Å². The van der Waals surface area contributed by atoms with Gasteiger partial charge >= 0.3 is 0 Å². The Hall–Kier alpha value is -3.01. The first kappa shape index (κ1) is 28.5. The Morgan fingerprint density at radius 2 is 1.82 bits per heavy atom. The van der Waals surface area contributed by atoms with Crippen LogP contribution in [0.15, 0.2) is 24.9 Å². The lowest BCUT2D eigenvalue weighted by atomic mass is 9.98. The van der Waals surface area contributed by atoms with Crippen molar-refractivity contribution in [3.8, 4) is 11.5 Å². The fraction of sp³-hybridized carbons (Fsp3) is 0.483. The Labute approximate surface area is 245 Å². The van der Waals surface area contributed by atoms with Gasteiger partial charge in [0.05, 0.1) is 24.3 Å². The van der Waals surface area contributed by atoms with E-state index in [0.29, 0.717) is 39.6 Å². The molecule has 0 unspecified atom stereocenters. The molecule has 3 aliphatic rings. The number of hydrogen-bond acceptors (Lipinski definition) is 8. The molecule has 0 spiro atoms. The molecule has 1 N–H and O–H groups in total. The van der Waals surface area contributed by atoms with Gasteiger partial charge in [0.2, 0.25) is 11.9 Å². The quantitative estimate of drug-likeness (QED) is 0.379. The Bertz CT molecular complexity index is 1260. The highest BCUT2D eigenvalue weighted by Crippen LogP contribution is 2.46. The van der Waals surface area contributed by atoms with Crippen molar-refractivity contribution in [3.63, 3.8) is 0 Å². The zero-order chi connectivity index (χ0) is 28.2. The highest BCUT2D eigenvalue weighted by molar-refractivity contribution is 6.39. The van der Waals surface area contributed by atoms with Gasteiger partial charge in [-0.2, -0.15) is 4.98 Å². The van der Waals surface area contributed by atoms with Crippen molar-refractivity contribution in [2.75, 3.05) is 76.8 Å². The first-order chi connectivity index (χ1) is 19.4. The molecule has 40 heavy (non-hydrogen) atoms. The summed E-state index contributed by atoms with van der Waals surface area (Å²) < 4.78 is 11.0. The summed E-state index contributed by atoms with van der Waals surface area (Å²) in [5, 5.41) is 4.29. The van der Waals surface area contributed by atoms with Gasteiger partial charge in [-0.1, -0.05) is 29.8 Å². The summed E-state index contributed by atoms with van der Waals surface area (Å²) in [7, 11) is 3.15. The maximum atomic E-state index is 11.9. The normalized spacial score (nSPS) is 17.2. The lowest BCUT2D eigenvalue weighted by molar-refractivity contribution is -0.127. The van der Waals surface area contributed by atoms with Crippen molar-refractivity contribution < 1.29 is 14.3 Å². The molecule has 1 aliphatic carbocycles. The number of halogens is 2. The van der Waals surface area contributed by atoms with Gasteiger partial charge in [-0.05, 0) is 49.5 Å². The van der Waals surface area contributed by atoms with Crippen LogP contribution in [-0.4, -0.2) is 92.3 Å². The minimum atomic E-state index is 0.00108. The SMILES string of the molecule is C=CC(=O)N1CCN(CCCN2CC(c3c(Cl)c(OC)cc(OC)c3Cl)=Cc3cnc(NCC4CC4)nc32)CC1. The molecule has 0 atom stereocenters. The maximum absolute atomic E-state index is 11.9. The van der Waals surface area contributed by atoms with E-state index >= 15 is 0 Å². The first-order valence-corrected chi connectivity index (χ1v) is 14.5. The third-order valence-electron chi connectivity index (χ3n) is 7.69. The number of fused-ring (bicyclic) bond motifs is 1. The molecule has 1 saturated carbocycles. The van der Waals surface area contributed by atoms with Gasteiger partial charge in [0, 0.05) is 69.2 Å². The second kappa shape index (κ2) is 12.7. The zero-order valence-electron chi connectivity index (χ0n) is 23.1. The van der Waals surface area contributed by atoms with Crippen molar-refractivity contribution in [3.05, 3.63) is 46.1 Å². The maximum Gasteiger partial charge on any atom is 0.246 e. The van der Waals surface area contributed by atoms with E-state index < -0.39 is 0 Å². The smallest absolute Gasteiger partial charge is 0.246 e. The number of ether oxygens (including phenoxy) is 2. The summed E-state index contributed by atoms with van der Waals surface area (Å²) in [6.07, 6.45) is 8.76. The number of methoxy groups -OCH3 is 2. The highest BCUT2D eigenvalue weighted by atomic mass is 35.5. The van der Waals surface area contributed by atoms with E-state index in [-0.39, 0.29) is 5.91 Å². The van der Waals surface area contributed by atoms with E-state index in [0.717, 1.165) is 75.1 Å². The first-order valence-electron chi connectivity index (χ1n) is 13.7. The number of nitrogens with one attached hydrogen (secondary N) is 1. The molecule has 2 fully saturated rings. The molecule has 5 rings (SSSR count). The number of hydrogen-bond donors (Lipinski definition) is 1. The predicted octanol–water partition coefficient (Wildman–Crippen LogP) is 4.70. The number of amides is 1. The van der Waals surface area contributed by atoms with E-state index in [2.05, 4.69) is 32.8 Å². The molecular formula is C29H36Cl2N6O3. The van der Waals surface area contributed by atoms with E-state index in [4.69, 9.17) is 37.7 Å². The third kappa shape index (κ3) is 6.32. The van der Waals surface area contributed by atoms with Crippen LogP contribution in [0.3, 0.4) is 0 Å². The van der Waals surface area contributed by atoms with Gasteiger partial charge in [-0.15, -0.1) is 0 Å². The fourth-order valence-corrected chi connectivity index (χ4v) is 5.95. The molecule has 2 aliphatic heterocycles. The Morgan fingerprint density at radius 1 is 1.12 bits per heavy atom. The number of nitrogens with zero attached hydrogens (tertiary/aromatic N) is 5. The molecule has 1 amide bonds. The van der Waals surface area contributed by atoms with E-state index in [1.165, 1.54) is 18.9 Å². The second-order valence-corrected chi connectivity index (χ2v) is 11.2. The highest BCUT2D eigenvalue weighted by Gasteiger charge is 2.28. The number of benzene rings is 1. The summed E-state index contributed by atoms with van der Waals surface area (Å²) in [6.45, 7) is 9.94. The molecule has 1 aromatic heterocycles. The molecule has 3 heterocycles. The Kier molecular flexibility index (Phi) is 9.03. The molecule has 9 nitrogen and oxygen atoms in total. The lowest BCUT2D eigenvalue weighted by Gasteiger charge is -2.35. The number of anilines is 2. The minimum Gasteiger partial charge on any atom is -0.495 e. The standard InChI is InChI=1S/C29H36Cl2N6O3/c1-4-24(38)36-12-10-35(11-13-36)8-5-9-37-18-21(25-26(30)22(39-2)15-23(40-3)27(25)31)14-20-17-33-29(34-28(20)37)32-16-19-6-7-19/h4,14-15,17,19H,1,5-13,16,18H2,2-3H3,(H,32,33,34). The van der Waals surface area contributed by atoms with E-state index in [1.54, 1.807) is 20.3 Å². The number of carbonyl (C=O) groups excluding carboxylic acids is 1. The molecule has 214 valence electrons. The van der Waals surface area contributed by atoms with Gasteiger partial charge in [-0.3, -0.25) is 9.69 Å². The number of aromatic nitrogens is 2. The van der Waals surface area contributed by atoms with Crippen LogP contribution in [0.4, 0.5) is 11.8 Å². The van der Waals surface area contributed by atoms with Crippen LogP contribution in [0.2, 0.25) is 10.0 Å². The zero-order valence-corrected chi connectivity index (χ0v) is 24.6. The molecule has 1 aromatic carbocycles. The van der Waals surface area contributed by atoms with E-state index in [1.807, 2.05) is 11.1 Å². The van der Waals surface area contributed by atoms with Crippen molar-refractivity contribution in [1.82, 2.24) is 19.8 Å². The number of rotatable bonds is 11. The van der Waals surface area contributed by atoms with Crippen molar-refractivity contribution >= 4 is 52.5 Å². The summed E-state index contributed by atoms with van der Waals surface area (Å²) in [6, 6.07) is 1.70. The summed E-state index contributed by atoms with van der Waals surface area (Å²) in [5.41, 5.74) is 2.54. The van der Waals surface area contributed by atoms with Crippen molar-refractivity contribution in [2.24, 2.45) is 5.92 Å². The Morgan fingerprint density at radius 3 is 2.45 bits per heavy atom. The van der Waals surface area contributed by atoms with Gasteiger partial charge < -0.3 is 24.6 Å². The van der Waals surface area contributed by atoms with Gasteiger partial charge in [0.1, 0.15) is 17.3 Å². The van der Waals surface area contributed by atoms with Crippen LogP contribution in [0.5, 0.6) is 11.5 Å². The summed E-state index contributed by atoms with van der Waals surface area (Å²) in [4.78, 5) is 28.0. The van der Waals surface area contributed by atoms with Crippen LogP contribution in [0, 0.1) is 5.92 Å². The summed E-state index contributed by atoms with van der Waals surface area (Å²) in [5.74, 6) is 3.26. The van der Waals surface area contributed by atoms with Crippen molar-refractivity contribution in [2.45, 2.75) is 19.3 Å². The topological polar surface area (TPSA) is 83.1 Å². The van der Waals surface area contributed by atoms with Gasteiger partial charge in [-0.25, -0.2) is 4.98 Å². The molecule has 2 aromatic rings. The van der Waals surface area contributed by atoms with Gasteiger partial charge in [0.15, 0.2) is 0 Å². The van der Waals surface area contributed by atoms with Crippen LogP contribution in [-0.2, 0) is 4.79 Å². The molecule has 0 radical (unpaired) electrons. The van der Waals surface area contributed by atoms with Crippen LogP contribution < -0.4 is 19.7 Å². The predicted molar refractivity (Wildman–Crippen MR) is 161 cm³/mol. The third-order valence-corrected chi connectivity index (χ3v) is 8.44. The second-order valence-electron chi connectivity index (χ2n) is 10.4. The molecule has 11 heteroatoms. The fourth-order valence-electron chi connectivity index (χ4n) is 5.20. The average Bonchev–Trinajstić information content (AvgIpc) is 3.81. The number of piperazine rings is 1. The minimum absolute atomic E-state index is 0.00108. The van der Waals surface area contributed by atoms with Crippen LogP contribution in [0.1, 0.15) is 30.4 Å². The largest absolute Gasteiger partial charge is 0.495 e. The average molecular weight is 588 g/mol. The summed E-state index contributed by atoms with van der Waals surface area (Å²) >= 11 is 13.6.